The third-order valence-corrected chi connectivity index (χ3v) is 2.51. The van der Waals surface area contributed by atoms with E-state index in [9.17, 15) is 9.90 Å². The molecule has 0 saturated heterocycles. The Labute approximate surface area is 102 Å². The van der Waals surface area contributed by atoms with Crippen LogP contribution in [0.15, 0.2) is 24.8 Å². The van der Waals surface area contributed by atoms with Crippen LogP contribution in [-0.4, -0.2) is 11.0 Å². The van der Waals surface area contributed by atoms with Crippen LogP contribution in [-0.2, 0) is 10.2 Å². The number of anilines is 1. The van der Waals surface area contributed by atoms with Crippen molar-refractivity contribution in [3.63, 3.8) is 0 Å². The van der Waals surface area contributed by atoms with Gasteiger partial charge in [0.05, 0.1) is 5.69 Å². The van der Waals surface area contributed by atoms with Crippen molar-refractivity contribution in [1.29, 1.82) is 0 Å². The Kier molecular flexibility index (Phi) is 3.61. The first-order valence-corrected chi connectivity index (χ1v) is 5.53. The van der Waals surface area contributed by atoms with Crippen molar-refractivity contribution in [2.75, 3.05) is 5.32 Å². The Balaban J connectivity index is 3.28. The van der Waals surface area contributed by atoms with Crippen LogP contribution in [0.4, 0.5) is 5.69 Å². The summed E-state index contributed by atoms with van der Waals surface area (Å²) in [5.74, 6) is -0.205. The quantitative estimate of drug-likeness (QED) is 0.609. The summed E-state index contributed by atoms with van der Waals surface area (Å²) in [4.78, 5) is 11.3. The predicted octanol–water partition coefficient (Wildman–Crippen LogP) is 3.12. The van der Waals surface area contributed by atoms with Gasteiger partial charge in [-0.2, -0.15) is 0 Å². The highest BCUT2D eigenvalue weighted by Gasteiger charge is 2.21. The van der Waals surface area contributed by atoms with Gasteiger partial charge in [0.2, 0.25) is 5.91 Å². The zero-order valence-electron chi connectivity index (χ0n) is 10.8. The molecule has 0 saturated carbocycles. The molecule has 0 aliphatic carbocycles. The molecular weight excluding hydrogens is 214 g/mol. The maximum Gasteiger partial charge on any atom is 0.247 e. The fourth-order valence-electron chi connectivity index (χ4n) is 1.63. The number of hydrogen-bond donors (Lipinski definition) is 2. The molecule has 3 nitrogen and oxygen atoms in total. The van der Waals surface area contributed by atoms with Crippen LogP contribution in [0.3, 0.4) is 0 Å². The Morgan fingerprint density at radius 3 is 2.47 bits per heavy atom. The number of aromatic hydroxyl groups is 1. The lowest BCUT2D eigenvalue weighted by Gasteiger charge is -2.22. The van der Waals surface area contributed by atoms with E-state index in [-0.39, 0.29) is 17.1 Å². The molecule has 2 N–H and O–H groups in total. The Hall–Kier alpha value is -1.77. The normalized spacial score (nSPS) is 11.1. The van der Waals surface area contributed by atoms with Crippen LogP contribution >= 0.6 is 0 Å². The molecule has 0 fully saturated rings. The Morgan fingerprint density at radius 2 is 2.00 bits per heavy atom. The van der Waals surface area contributed by atoms with Crippen molar-refractivity contribution in [2.45, 2.75) is 33.1 Å². The number of carbonyl (C=O) groups is 1. The van der Waals surface area contributed by atoms with Crippen LogP contribution in [0.2, 0.25) is 0 Å². The van der Waals surface area contributed by atoms with Gasteiger partial charge in [-0.25, -0.2) is 0 Å². The number of nitrogens with one attached hydrogen (secondary N) is 1. The van der Waals surface area contributed by atoms with E-state index in [4.69, 9.17) is 0 Å². The van der Waals surface area contributed by atoms with Gasteiger partial charge < -0.3 is 10.4 Å². The standard InChI is InChI=1S/C14H19NO2/c1-6-12(16)15-11-8-9(2)7-10(13(11)17)14(3,4)5/h6-8,17H,1H2,2-5H3,(H,15,16). The van der Waals surface area contributed by atoms with E-state index in [1.165, 1.54) is 6.08 Å². The molecule has 0 unspecified atom stereocenters. The maximum absolute atomic E-state index is 11.3. The van der Waals surface area contributed by atoms with Crippen LogP contribution in [0, 0.1) is 6.92 Å². The zero-order valence-corrected chi connectivity index (χ0v) is 10.8. The summed E-state index contributed by atoms with van der Waals surface area (Å²) in [6, 6.07) is 3.67. The van der Waals surface area contributed by atoms with Crippen molar-refractivity contribution in [3.8, 4) is 5.75 Å². The Bertz CT molecular complexity index is 456. The molecule has 92 valence electrons. The highest BCUT2D eigenvalue weighted by Crippen LogP contribution is 2.37. The lowest BCUT2D eigenvalue weighted by Crippen LogP contribution is -2.14. The minimum atomic E-state index is -0.328. The van der Waals surface area contributed by atoms with Crippen LogP contribution < -0.4 is 5.32 Å². The third-order valence-electron chi connectivity index (χ3n) is 2.51. The van der Waals surface area contributed by atoms with Gasteiger partial charge in [-0.05, 0) is 30.0 Å². The predicted molar refractivity (Wildman–Crippen MR) is 70.4 cm³/mol. The number of rotatable bonds is 2. The third kappa shape index (κ3) is 3.09. The number of hydrogen-bond acceptors (Lipinski definition) is 2. The lowest BCUT2D eigenvalue weighted by atomic mass is 9.85. The molecule has 1 rings (SSSR count). The average Bonchev–Trinajstić information content (AvgIpc) is 2.21. The minimum Gasteiger partial charge on any atom is -0.505 e. The monoisotopic (exact) mass is 233 g/mol. The Morgan fingerprint density at radius 1 is 1.41 bits per heavy atom. The van der Waals surface area contributed by atoms with E-state index < -0.39 is 0 Å². The average molecular weight is 233 g/mol. The molecule has 3 heteroatoms. The van der Waals surface area contributed by atoms with Crippen molar-refractivity contribution in [1.82, 2.24) is 0 Å². The number of phenolic OH excluding ortho intramolecular Hbond substituents is 1. The van der Waals surface area contributed by atoms with Crippen molar-refractivity contribution in [2.24, 2.45) is 0 Å². The number of benzene rings is 1. The fourth-order valence-corrected chi connectivity index (χ4v) is 1.63. The first-order chi connectivity index (χ1) is 7.75. The summed E-state index contributed by atoms with van der Waals surface area (Å²) in [6.45, 7) is 11.4. The van der Waals surface area contributed by atoms with Crippen molar-refractivity contribution >= 4 is 11.6 Å². The molecule has 0 radical (unpaired) electrons. The smallest absolute Gasteiger partial charge is 0.247 e. The van der Waals surface area contributed by atoms with E-state index in [2.05, 4.69) is 11.9 Å². The van der Waals surface area contributed by atoms with Gasteiger partial charge in [0, 0.05) is 5.56 Å². The van der Waals surface area contributed by atoms with Crippen molar-refractivity contribution in [3.05, 3.63) is 35.9 Å². The second kappa shape index (κ2) is 4.62. The highest BCUT2D eigenvalue weighted by atomic mass is 16.3. The van der Waals surface area contributed by atoms with Crippen molar-refractivity contribution < 1.29 is 9.90 Å². The summed E-state index contributed by atoms with van der Waals surface area (Å²) in [5.41, 5.74) is 2.06. The first kappa shape index (κ1) is 13.3. The molecule has 0 atom stereocenters. The molecule has 1 amide bonds. The van der Waals surface area contributed by atoms with Crippen LogP contribution in [0.25, 0.3) is 0 Å². The molecule has 0 heterocycles. The van der Waals surface area contributed by atoms with Crippen LogP contribution in [0.1, 0.15) is 31.9 Å². The second-order valence-corrected chi connectivity index (χ2v) is 5.15. The summed E-state index contributed by atoms with van der Waals surface area (Å²) in [5, 5.41) is 12.8. The number of carbonyl (C=O) groups excluding carboxylic acids is 1. The van der Waals surface area contributed by atoms with Gasteiger partial charge in [-0.15, -0.1) is 0 Å². The highest BCUT2D eigenvalue weighted by molar-refractivity contribution is 6.00. The first-order valence-electron chi connectivity index (χ1n) is 5.53. The molecule has 17 heavy (non-hydrogen) atoms. The number of phenols is 1. The van der Waals surface area contributed by atoms with Gasteiger partial charge in [0.1, 0.15) is 5.75 Å². The van der Waals surface area contributed by atoms with Gasteiger partial charge in [0.25, 0.3) is 0 Å². The number of amides is 1. The summed E-state index contributed by atoms with van der Waals surface area (Å²) in [6.07, 6.45) is 1.18. The molecule has 0 bridgehead atoms. The summed E-state index contributed by atoms with van der Waals surface area (Å²) < 4.78 is 0. The van der Waals surface area contributed by atoms with Gasteiger partial charge in [-0.3, -0.25) is 4.79 Å². The fraction of sp³-hybridized carbons (Fsp3) is 0.357. The second-order valence-electron chi connectivity index (χ2n) is 5.15. The molecule has 0 aliphatic rings. The minimum absolute atomic E-state index is 0.123. The SMILES string of the molecule is C=CC(=O)Nc1cc(C)cc(C(C)(C)C)c1O. The molecule has 0 aromatic heterocycles. The maximum atomic E-state index is 11.3. The van der Waals surface area contributed by atoms with Gasteiger partial charge in [0.15, 0.2) is 0 Å². The lowest BCUT2D eigenvalue weighted by molar-refractivity contribution is -0.111. The molecule has 1 aromatic carbocycles. The molecule has 0 spiro atoms. The van der Waals surface area contributed by atoms with E-state index in [0.29, 0.717) is 5.69 Å². The topological polar surface area (TPSA) is 49.3 Å². The summed E-state index contributed by atoms with van der Waals surface area (Å²) >= 11 is 0. The van der Waals surface area contributed by atoms with Gasteiger partial charge in [-0.1, -0.05) is 33.4 Å². The van der Waals surface area contributed by atoms with Crippen LogP contribution in [0.5, 0.6) is 5.75 Å². The zero-order chi connectivity index (χ0) is 13.2. The van der Waals surface area contributed by atoms with E-state index >= 15 is 0 Å². The summed E-state index contributed by atoms with van der Waals surface area (Å²) in [7, 11) is 0. The molecule has 1 aromatic rings. The van der Waals surface area contributed by atoms with E-state index in [1.54, 1.807) is 6.07 Å². The number of aryl methyl sites for hydroxylation is 1. The van der Waals surface area contributed by atoms with E-state index in [1.807, 2.05) is 33.8 Å². The van der Waals surface area contributed by atoms with E-state index in [0.717, 1.165) is 11.1 Å². The van der Waals surface area contributed by atoms with Gasteiger partial charge >= 0.3 is 0 Å². The molecule has 0 aliphatic heterocycles. The largest absolute Gasteiger partial charge is 0.505 e. The molecular formula is C14H19NO2.